The highest BCUT2D eigenvalue weighted by atomic mass is 16.4. The third-order valence-electron chi connectivity index (χ3n) is 2.70. The number of hydrogen-bond donors (Lipinski definition) is 2. The Balaban J connectivity index is 2.51. The molecule has 4 heteroatoms. The summed E-state index contributed by atoms with van der Waals surface area (Å²) in [5.41, 5.74) is 0.967. The minimum atomic E-state index is -0.879. The van der Waals surface area contributed by atoms with Crippen LogP contribution in [0.1, 0.15) is 25.3 Å². The molecule has 1 atom stereocenters. The second kappa shape index (κ2) is 7.48. The minimum absolute atomic E-state index is 0.0863. The first-order valence-corrected chi connectivity index (χ1v) is 6.17. The van der Waals surface area contributed by atoms with Gasteiger partial charge >= 0.3 is 5.97 Å². The Morgan fingerprint density at radius 1 is 1.28 bits per heavy atom. The average molecular weight is 249 g/mol. The predicted molar refractivity (Wildman–Crippen MR) is 69.2 cm³/mol. The molecule has 0 aromatic heterocycles. The van der Waals surface area contributed by atoms with Gasteiger partial charge in [0.15, 0.2) is 0 Å². The lowest BCUT2D eigenvalue weighted by molar-refractivity contribution is -0.141. The van der Waals surface area contributed by atoms with Crippen LogP contribution in [0.2, 0.25) is 0 Å². The Labute approximate surface area is 107 Å². The Morgan fingerprint density at radius 2 is 1.94 bits per heavy atom. The summed E-state index contributed by atoms with van der Waals surface area (Å²) >= 11 is 0. The van der Waals surface area contributed by atoms with Crippen molar-refractivity contribution in [3.8, 4) is 0 Å². The van der Waals surface area contributed by atoms with Gasteiger partial charge in [-0.2, -0.15) is 0 Å². The molecule has 1 unspecified atom stereocenters. The molecule has 0 radical (unpaired) electrons. The van der Waals surface area contributed by atoms with Crippen molar-refractivity contribution in [2.45, 2.75) is 26.2 Å². The maximum Gasteiger partial charge on any atom is 0.308 e. The number of carbonyl (C=O) groups excluding carboxylic acids is 1. The van der Waals surface area contributed by atoms with Gasteiger partial charge in [0.1, 0.15) is 0 Å². The van der Waals surface area contributed by atoms with Gasteiger partial charge in [-0.3, -0.25) is 9.59 Å². The molecule has 1 aromatic carbocycles. The Bertz CT molecular complexity index is 389. The molecule has 18 heavy (non-hydrogen) atoms. The van der Waals surface area contributed by atoms with Crippen molar-refractivity contribution in [2.75, 3.05) is 6.54 Å². The highest BCUT2D eigenvalue weighted by Gasteiger charge is 2.18. The van der Waals surface area contributed by atoms with E-state index in [-0.39, 0.29) is 12.5 Å². The van der Waals surface area contributed by atoms with Crippen molar-refractivity contribution >= 4 is 11.9 Å². The van der Waals surface area contributed by atoms with E-state index >= 15 is 0 Å². The largest absolute Gasteiger partial charge is 0.481 e. The molecule has 0 saturated heterocycles. The zero-order chi connectivity index (χ0) is 13.4. The van der Waals surface area contributed by atoms with Crippen molar-refractivity contribution in [2.24, 2.45) is 5.92 Å². The molecular weight excluding hydrogens is 230 g/mol. The Hall–Kier alpha value is -1.84. The molecule has 0 aliphatic rings. The molecule has 1 aromatic rings. The summed E-state index contributed by atoms with van der Waals surface area (Å²) in [6.07, 6.45) is 1.64. The maximum absolute atomic E-state index is 11.3. The van der Waals surface area contributed by atoms with E-state index in [0.29, 0.717) is 12.8 Å². The molecule has 0 fully saturated rings. The standard InChI is InChI=1S/C14H19NO3/c1-2-6-13(16)15-10-12(14(17)18)9-11-7-4-3-5-8-11/h3-5,7-8,12H,2,6,9-10H2,1H3,(H,15,16)(H,17,18). The lowest BCUT2D eigenvalue weighted by atomic mass is 9.99. The summed E-state index contributed by atoms with van der Waals surface area (Å²) in [5, 5.41) is 11.8. The molecule has 0 aliphatic heterocycles. The highest BCUT2D eigenvalue weighted by molar-refractivity contribution is 5.77. The van der Waals surface area contributed by atoms with Crippen LogP contribution in [0.4, 0.5) is 0 Å². The van der Waals surface area contributed by atoms with Gasteiger partial charge < -0.3 is 10.4 Å². The molecule has 0 heterocycles. The molecular formula is C14H19NO3. The van der Waals surface area contributed by atoms with E-state index in [9.17, 15) is 9.59 Å². The third kappa shape index (κ3) is 4.99. The second-order valence-electron chi connectivity index (χ2n) is 4.28. The number of carboxylic acids is 1. The van der Waals surface area contributed by atoms with Gasteiger partial charge in [0, 0.05) is 13.0 Å². The third-order valence-corrected chi connectivity index (χ3v) is 2.70. The topological polar surface area (TPSA) is 66.4 Å². The van der Waals surface area contributed by atoms with Crippen LogP contribution < -0.4 is 5.32 Å². The molecule has 0 aliphatic carbocycles. The Morgan fingerprint density at radius 3 is 2.50 bits per heavy atom. The van der Waals surface area contributed by atoms with Crippen molar-refractivity contribution in [3.63, 3.8) is 0 Å². The normalized spacial score (nSPS) is 11.8. The van der Waals surface area contributed by atoms with E-state index in [0.717, 1.165) is 12.0 Å². The van der Waals surface area contributed by atoms with Gasteiger partial charge in [0.05, 0.1) is 5.92 Å². The lowest BCUT2D eigenvalue weighted by Crippen LogP contribution is -2.33. The van der Waals surface area contributed by atoms with Crippen LogP contribution in [-0.4, -0.2) is 23.5 Å². The van der Waals surface area contributed by atoms with Crippen LogP contribution in [0, 0.1) is 5.92 Å². The Kier molecular flexibility index (Phi) is 5.91. The zero-order valence-electron chi connectivity index (χ0n) is 10.6. The molecule has 0 spiro atoms. The van der Waals surface area contributed by atoms with Crippen molar-refractivity contribution in [1.82, 2.24) is 5.32 Å². The van der Waals surface area contributed by atoms with Crippen molar-refractivity contribution in [3.05, 3.63) is 35.9 Å². The van der Waals surface area contributed by atoms with Gasteiger partial charge in [-0.25, -0.2) is 0 Å². The van der Waals surface area contributed by atoms with Crippen LogP contribution in [0.3, 0.4) is 0 Å². The first-order chi connectivity index (χ1) is 8.63. The summed E-state index contributed by atoms with van der Waals surface area (Å²) in [7, 11) is 0. The molecule has 0 bridgehead atoms. The van der Waals surface area contributed by atoms with Gasteiger partial charge in [-0.05, 0) is 18.4 Å². The molecule has 1 amide bonds. The van der Waals surface area contributed by atoms with E-state index in [1.165, 1.54) is 0 Å². The number of aliphatic carboxylic acids is 1. The summed E-state index contributed by atoms with van der Waals surface area (Å²) < 4.78 is 0. The number of rotatable bonds is 7. The quantitative estimate of drug-likeness (QED) is 0.775. The van der Waals surface area contributed by atoms with E-state index in [1.54, 1.807) is 0 Å². The van der Waals surface area contributed by atoms with Gasteiger partial charge in [0.25, 0.3) is 0 Å². The number of amides is 1. The highest BCUT2D eigenvalue weighted by Crippen LogP contribution is 2.08. The summed E-state index contributed by atoms with van der Waals surface area (Å²) in [6, 6.07) is 9.43. The molecule has 98 valence electrons. The average Bonchev–Trinajstić information content (AvgIpc) is 2.35. The minimum Gasteiger partial charge on any atom is -0.481 e. The summed E-state index contributed by atoms with van der Waals surface area (Å²) in [4.78, 5) is 22.4. The fourth-order valence-electron chi connectivity index (χ4n) is 1.70. The number of benzene rings is 1. The smallest absolute Gasteiger partial charge is 0.308 e. The number of hydrogen-bond acceptors (Lipinski definition) is 2. The van der Waals surface area contributed by atoms with Crippen LogP contribution in [-0.2, 0) is 16.0 Å². The first-order valence-electron chi connectivity index (χ1n) is 6.17. The van der Waals surface area contributed by atoms with Gasteiger partial charge in [-0.1, -0.05) is 37.3 Å². The fourth-order valence-corrected chi connectivity index (χ4v) is 1.70. The maximum atomic E-state index is 11.3. The van der Waals surface area contributed by atoms with Crippen molar-refractivity contribution in [1.29, 1.82) is 0 Å². The van der Waals surface area contributed by atoms with Gasteiger partial charge in [-0.15, -0.1) is 0 Å². The number of carboxylic acid groups (broad SMARTS) is 1. The predicted octanol–water partition coefficient (Wildman–Crippen LogP) is 1.85. The molecule has 0 saturated carbocycles. The van der Waals surface area contributed by atoms with Crippen LogP contribution in [0.15, 0.2) is 30.3 Å². The molecule has 1 rings (SSSR count). The zero-order valence-corrected chi connectivity index (χ0v) is 10.6. The SMILES string of the molecule is CCCC(=O)NCC(Cc1ccccc1)C(=O)O. The van der Waals surface area contributed by atoms with E-state index < -0.39 is 11.9 Å². The van der Waals surface area contributed by atoms with E-state index in [2.05, 4.69) is 5.32 Å². The first kappa shape index (κ1) is 14.2. The summed E-state index contributed by atoms with van der Waals surface area (Å²) in [6.45, 7) is 2.10. The van der Waals surface area contributed by atoms with Gasteiger partial charge in [0.2, 0.25) is 5.91 Å². The van der Waals surface area contributed by atoms with E-state index in [1.807, 2.05) is 37.3 Å². The molecule has 4 nitrogen and oxygen atoms in total. The fraction of sp³-hybridized carbons (Fsp3) is 0.429. The van der Waals surface area contributed by atoms with Crippen LogP contribution >= 0.6 is 0 Å². The van der Waals surface area contributed by atoms with Crippen molar-refractivity contribution < 1.29 is 14.7 Å². The number of nitrogens with one attached hydrogen (secondary N) is 1. The number of carbonyl (C=O) groups is 2. The van der Waals surface area contributed by atoms with Crippen LogP contribution in [0.5, 0.6) is 0 Å². The lowest BCUT2D eigenvalue weighted by Gasteiger charge is -2.13. The summed E-state index contributed by atoms with van der Waals surface area (Å²) in [5.74, 6) is -1.54. The van der Waals surface area contributed by atoms with E-state index in [4.69, 9.17) is 5.11 Å². The molecule has 2 N–H and O–H groups in total. The monoisotopic (exact) mass is 249 g/mol. The second-order valence-corrected chi connectivity index (χ2v) is 4.28. The van der Waals surface area contributed by atoms with Crippen LogP contribution in [0.25, 0.3) is 0 Å².